The Morgan fingerprint density at radius 1 is 1.25 bits per heavy atom. The van der Waals surface area contributed by atoms with Crippen LogP contribution in [-0.2, 0) is 0 Å². The minimum Gasteiger partial charge on any atom is -0.357 e. The van der Waals surface area contributed by atoms with E-state index in [1.165, 1.54) is 0 Å². The van der Waals surface area contributed by atoms with Crippen molar-refractivity contribution < 1.29 is 0 Å². The van der Waals surface area contributed by atoms with Crippen LogP contribution in [0.2, 0.25) is 0 Å². The van der Waals surface area contributed by atoms with Crippen LogP contribution >= 0.6 is 0 Å². The van der Waals surface area contributed by atoms with Crippen LogP contribution in [-0.4, -0.2) is 48.6 Å². The van der Waals surface area contributed by atoms with E-state index < -0.39 is 0 Å². The Labute approximate surface area is 122 Å². The lowest BCUT2D eigenvalue weighted by atomic mass is 10.2. The van der Waals surface area contributed by atoms with E-state index >= 15 is 0 Å². The third-order valence-corrected chi connectivity index (χ3v) is 3.13. The number of aromatic nitrogens is 2. The van der Waals surface area contributed by atoms with Crippen LogP contribution < -0.4 is 16.2 Å². The van der Waals surface area contributed by atoms with Gasteiger partial charge in [-0.3, -0.25) is 0 Å². The molecule has 1 aromatic heterocycles. The number of hydrazine groups is 1. The molecule has 0 aliphatic heterocycles. The lowest BCUT2D eigenvalue weighted by Crippen LogP contribution is -2.28. The maximum absolute atomic E-state index is 5.50. The number of nitrogens with zero attached hydrogens (tertiary/aromatic N) is 4. The highest BCUT2D eigenvalue weighted by Crippen LogP contribution is 2.19. The zero-order valence-electron chi connectivity index (χ0n) is 13.3. The van der Waals surface area contributed by atoms with E-state index in [0.29, 0.717) is 5.82 Å². The summed E-state index contributed by atoms with van der Waals surface area (Å²) >= 11 is 0. The molecule has 0 bridgehead atoms. The average Bonchev–Trinajstić information content (AvgIpc) is 2.42. The molecule has 0 fully saturated rings. The summed E-state index contributed by atoms with van der Waals surface area (Å²) in [6.07, 6.45) is 1.10. The van der Waals surface area contributed by atoms with Gasteiger partial charge in [-0.05, 0) is 34.0 Å². The largest absolute Gasteiger partial charge is 0.357 e. The van der Waals surface area contributed by atoms with E-state index in [2.05, 4.69) is 60.1 Å². The lowest BCUT2D eigenvalue weighted by Gasteiger charge is -2.24. The van der Waals surface area contributed by atoms with Crippen molar-refractivity contribution >= 4 is 11.6 Å². The Kier molecular flexibility index (Phi) is 6.67. The fourth-order valence-corrected chi connectivity index (χ4v) is 1.96. The van der Waals surface area contributed by atoms with E-state index in [1.807, 2.05) is 6.07 Å². The number of anilines is 2. The van der Waals surface area contributed by atoms with Gasteiger partial charge in [0, 0.05) is 25.1 Å². The molecule has 6 heteroatoms. The van der Waals surface area contributed by atoms with E-state index in [-0.39, 0.29) is 5.92 Å². The molecule has 0 aliphatic rings. The fourth-order valence-electron chi connectivity index (χ4n) is 1.96. The Morgan fingerprint density at radius 2 is 1.95 bits per heavy atom. The van der Waals surface area contributed by atoms with Crippen molar-refractivity contribution in [1.82, 2.24) is 14.9 Å². The highest BCUT2D eigenvalue weighted by molar-refractivity contribution is 5.49. The highest BCUT2D eigenvalue weighted by Gasteiger charge is 2.12. The second kappa shape index (κ2) is 8.01. The predicted molar refractivity (Wildman–Crippen MR) is 85.0 cm³/mol. The van der Waals surface area contributed by atoms with E-state index in [9.17, 15) is 0 Å². The van der Waals surface area contributed by atoms with Crippen LogP contribution in [0.4, 0.5) is 11.6 Å². The summed E-state index contributed by atoms with van der Waals surface area (Å²) in [5.41, 5.74) is 2.63. The molecule has 1 heterocycles. The number of hydrogen-bond donors (Lipinski definition) is 2. The summed E-state index contributed by atoms with van der Waals surface area (Å²) in [4.78, 5) is 13.5. The Bertz CT molecular complexity index is 405. The topological polar surface area (TPSA) is 70.3 Å². The number of rotatable bonds is 8. The third-order valence-electron chi connectivity index (χ3n) is 3.13. The first-order chi connectivity index (χ1) is 9.47. The highest BCUT2D eigenvalue weighted by atomic mass is 15.3. The first kappa shape index (κ1) is 16.7. The van der Waals surface area contributed by atoms with Gasteiger partial charge in [-0.2, -0.15) is 0 Å². The molecule has 0 spiro atoms. The molecule has 6 nitrogen and oxygen atoms in total. The van der Waals surface area contributed by atoms with Gasteiger partial charge >= 0.3 is 0 Å². The molecule has 0 saturated carbocycles. The van der Waals surface area contributed by atoms with E-state index in [1.54, 1.807) is 0 Å². The SMILES string of the molecule is CCN(CCCN(C)C)c1cc(NN)nc(C(C)C)n1. The smallest absolute Gasteiger partial charge is 0.145 e. The molecule has 0 unspecified atom stereocenters. The van der Waals surface area contributed by atoms with Gasteiger partial charge in [0.2, 0.25) is 0 Å². The van der Waals surface area contributed by atoms with Gasteiger partial charge in [-0.15, -0.1) is 0 Å². The molecule has 0 aliphatic carbocycles. The number of hydrogen-bond acceptors (Lipinski definition) is 6. The molecule has 0 amide bonds. The second-order valence-corrected chi connectivity index (χ2v) is 5.51. The standard InChI is InChI=1S/C14H28N6/c1-6-20(9-7-8-19(4)5)13-10-12(18-15)16-14(17-13)11(2)3/h10-11H,6-9,15H2,1-5H3,(H,16,17,18). The monoisotopic (exact) mass is 280 g/mol. The molecule has 0 aromatic carbocycles. The molecule has 0 atom stereocenters. The normalized spacial score (nSPS) is 11.2. The van der Waals surface area contributed by atoms with Crippen LogP contribution in [0, 0.1) is 0 Å². The lowest BCUT2D eigenvalue weighted by molar-refractivity contribution is 0.400. The summed E-state index contributed by atoms with van der Waals surface area (Å²) in [6, 6.07) is 1.91. The Morgan fingerprint density at radius 3 is 2.45 bits per heavy atom. The molecule has 0 saturated heterocycles. The quantitative estimate of drug-likeness (QED) is 0.557. The van der Waals surface area contributed by atoms with Crippen LogP contribution in [0.25, 0.3) is 0 Å². The van der Waals surface area contributed by atoms with Crippen LogP contribution in [0.1, 0.15) is 38.9 Å². The van der Waals surface area contributed by atoms with Crippen LogP contribution in [0.3, 0.4) is 0 Å². The van der Waals surface area contributed by atoms with E-state index in [0.717, 1.165) is 37.7 Å². The third kappa shape index (κ3) is 4.94. The van der Waals surface area contributed by atoms with Gasteiger partial charge in [0.1, 0.15) is 17.5 Å². The van der Waals surface area contributed by atoms with Gasteiger partial charge < -0.3 is 15.2 Å². The zero-order chi connectivity index (χ0) is 15.1. The number of nitrogens with one attached hydrogen (secondary N) is 1. The molecule has 114 valence electrons. The fraction of sp³-hybridized carbons (Fsp3) is 0.714. The Balaban J connectivity index is 2.87. The van der Waals surface area contributed by atoms with Crippen LogP contribution in [0.5, 0.6) is 0 Å². The first-order valence-corrected chi connectivity index (χ1v) is 7.23. The molecule has 3 N–H and O–H groups in total. The van der Waals surface area contributed by atoms with Crippen molar-refractivity contribution in [1.29, 1.82) is 0 Å². The number of nitrogen functional groups attached to an aromatic ring is 1. The summed E-state index contributed by atoms with van der Waals surface area (Å²) in [5, 5.41) is 0. The molecule has 0 radical (unpaired) electrons. The minimum atomic E-state index is 0.280. The zero-order valence-corrected chi connectivity index (χ0v) is 13.3. The van der Waals surface area contributed by atoms with Gasteiger partial charge in [-0.25, -0.2) is 15.8 Å². The van der Waals surface area contributed by atoms with Crippen molar-refractivity contribution in [2.75, 3.05) is 44.1 Å². The predicted octanol–water partition coefficient (Wildman–Crippen LogP) is 1.66. The van der Waals surface area contributed by atoms with E-state index in [4.69, 9.17) is 5.84 Å². The molecule has 1 rings (SSSR count). The average molecular weight is 280 g/mol. The maximum Gasteiger partial charge on any atom is 0.145 e. The molecular formula is C14H28N6. The summed E-state index contributed by atoms with van der Waals surface area (Å²) in [5.74, 6) is 8.22. The molecule has 20 heavy (non-hydrogen) atoms. The van der Waals surface area contributed by atoms with Crippen molar-refractivity contribution in [3.8, 4) is 0 Å². The second-order valence-electron chi connectivity index (χ2n) is 5.51. The van der Waals surface area contributed by atoms with Gasteiger partial charge in [-0.1, -0.05) is 13.8 Å². The summed E-state index contributed by atoms with van der Waals surface area (Å²) in [7, 11) is 4.18. The molecular weight excluding hydrogens is 252 g/mol. The summed E-state index contributed by atoms with van der Waals surface area (Å²) in [6.45, 7) is 9.28. The first-order valence-electron chi connectivity index (χ1n) is 7.23. The summed E-state index contributed by atoms with van der Waals surface area (Å²) < 4.78 is 0. The van der Waals surface area contributed by atoms with Crippen LogP contribution in [0.15, 0.2) is 6.07 Å². The van der Waals surface area contributed by atoms with Crippen molar-refractivity contribution in [3.05, 3.63) is 11.9 Å². The van der Waals surface area contributed by atoms with Crippen molar-refractivity contribution in [2.24, 2.45) is 5.84 Å². The van der Waals surface area contributed by atoms with Gasteiger partial charge in [0.05, 0.1) is 0 Å². The van der Waals surface area contributed by atoms with Crippen molar-refractivity contribution in [3.63, 3.8) is 0 Å². The maximum atomic E-state index is 5.50. The van der Waals surface area contributed by atoms with Gasteiger partial charge in [0.25, 0.3) is 0 Å². The van der Waals surface area contributed by atoms with Crippen molar-refractivity contribution in [2.45, 2.75) is 33.1 Å². The minimum absolute atomic E-state index is 0.280. The Hall–Kier alpha value is -1.40. The number of nitrogens with two attached hydrogens (primary N) is 1. The molecule has 1 aromatic rings. The van der Waals surface area contributed by atoms with Gasteiger partial charge in [0.15, 0.2) is 0 Å².